The Morgan fingerprint density at radius 2 is 2.21 bits per heavy atom. The lowest BCUT2D eigenvalue weighted by Crippen LogP contribution is -2.17. The van der Waals surface area contributed by atoms with Crippen molar-refractivity contribution >= 4 is 11.9 Å². The van der Waals surface area contributed by atoms with E-state index in [0.29, 0.717) is 0 Å². The average Bonchev–Trinajstić information content (AvgIpc) is 2.49. The number of hydrogen-bond acceptors (Lipinski definition) is 5. The van der Waals surface area contributed by atoms with E-state index in [1.807, 2.05) is 0 Å². The van der Waals surface area contributed by atoms with E-state index in [-0.39, 0.29) is 11.5 Å². The zero-order valence-electron chi connectivity index (χ0n) is 7.01. The molecule has 0 aromatic carbocycles. The van der Waals surface area contributed by atoms with Gasteiger partial charge in [-0.1, -0.05) is 0 Å². The van der Waals surface area contributed by atoms with Crippen molar-refractivity contribution in [3.63, 3.8) is 0 Å². The van der Waals surface area contributed by atoms with E-state index in [1.54, 1.807) is 0 Å². The molecule has 0 fully saturated rings. The monoisotopic (exact) mass is 200 g/mol. The molecular formula is C7H8N2O5. The fraction of sp³-hybridized carbons (Fsp3) is 0.286. The van der Waals surface area contributed by atoms with Crippen LogP contribution in [0.3, 0.4) is 0 Å². The van der Waals surface area contributed by atoms with Gasteiger partial charge in [0.15, 0.2) is 17.8 Å². The molecule has 1 aromatic rings. The molecule has 7 heteroatoms. The largest absolute Gasteiger partial charge is 0.481 e. The molecular weight excluding hydrogens is 192 g/mol. The molecule has 0 saturated heterocycles. The minimum atomic E-state index is -1.30. The summed E-state index contributed by atoms with van der Waals surface area (Å²) in [5, 5.41) is 17.0. The number of carbonyl (C=O) groups is 2. The molecule has 0 amide bonds. The van der Waals surface area contributed by atoms with E-state index < -0.39 is 24.4 Å². The summed E-state index contributed by atoms with van der Waals surface area (Å²) in [4.78, 5) is 24.2. The molecule has 0 aliphatic heterocycles. The van der Waals surface area contributed by atoms with Gasteiger partial charge in [-0.15, -0.1) is 0 Å². The van der Waals surface area contributed by atoms with Gasteiger partial charge in [0.25, 0.3) is 0 Å². The van der Waals surface area contributed by atoms with Gasteiger partial charge in [0.2, 0.25) is 0 Å². The molecule has 1 aromatic heterocycles. The van der Waals surface area contributed by atoms with E-state index in [9.17, 15) is 9.59 Å². The maximum absolute atomic E-state index is 10.5. The molecule has 14 heavy (non-hydrogen) atoms. The molecule has 76 valence electrons. The van der Waals surface area contributed by atoms with Crippen LogP contribution in [0.25, 0.3) is 0 Å². The number of aromatic carboxylic acids is 1. The Balaban J connectivity index is 2.89. The smallest absolute Gasteiger partial charge is 0.358 e. The normalized spacial score (nSPS) is 12.4. The van der Waals surface area contributed by atoms with E-state index >= 15 is 0 Å². The summed E-state index contributed by atoms with van der Waals surface area (Å²) in [5.41, 5.74) is 5.05. The van der Waals surface area contributed by atoms with Crippen molar-refractivity contribution in [3.05, 3.63) is 17.8 Å². The summed E-state index contributed by atoms with van der Waals surface area (Å²) in [6.45, 7) is 0. The first kappa shape index (κ1) is 10.2. The van der Waals surface area contributed by atoms with Crippen LogP contribution in [0.1, 0.15) is 28.7 Å². The number of carboxylic acid groups (broad SMARTS) is 2. The van der Waals surface area contributed by atoms with Gasteiger partial charge in [0.05, 0.1) is 12.5 Å². The molecule has 1 atom stereocenters. The van der Waals surface area contributed by atoms with Gasteiger partial charge in [-0.25, -0.2) is 9.78 Å². The lowest BCUT2D eigenvalue weighted by molar-refractivity contribution is -0.137. The summed E-state index contributed by atoms with van der Waals surface area (Å²) < 4.78 is 4.71. The van der Waals surface area contributed by atoms with Gasteiger partial charge >= 0.3 is 11.9 Å². The first-order valence-electron chi connectivity index (χ1n) is 3.66. The lowest BCUT2D eigenvalue weighted by atomic mass is 10.1. The Morgan fingerprint density at radius 3 is 2.71 bits per heavy atom. The van der Waals surface area contributed by atoms with E-state index in [2.05, 4.69) is 4.98 Å². The third-order valence-corrected chi connectivity index (χ3v) is 1.53. The number of aliphatic carboxylic acids is 1. The molecule has 1 rings (SSSR count). The molecule has 0 aliphatic carbocycles. The van der Waals surface area contributed by atoms with Crippen LogP contribution >= 0.6 is 0 Å². The van der Waals surface area contributed by atoms with E-state index in [4.69, 9.17) is 20.4 Å². The van der Waals surface area contributed by atoms with Crippen molar-refractivity contribution in [1.29, 1.82) is 0 Å². The number of oxazole rings is 1. The Morgan fingerprint density at radius 1 is 1.57 bits per heavy atom. The fourth-order valence-corrected chi connectivity index (χ4v) is 0.960. The highest BCUT2D eigenvalue weighted by molar-refractivity contribution is 5.86. The molecule has 0 spiro atoms. The standard InChI is InChI=1S/C7H8N2O5/c8-3(1-4(10)11)6-5(7(12)13)9-2-14-6/h2-3H,1,8H2,(H,10,11)(H,12,13)/t3-/m0/s1. The van der Waals surface area contributed by atoms with Gasteiger partial charge in [-0.2, -0.15) is 0 Å². The Kier molecular flexibility index (Phi) is 2.82. The second-order valence-corrected chi connectivity index (χ2v) is 2.57. The molecule has 4 N–H and O–H groups in total. The van der Waals surface area contributed by atoms with Crippen LogP contribution in [0.5, 0.6) is 0 Å². The van der Waals surface area contributed by atoms with Crippen LogP contribution in [0.15, 0.2) is 10.8 Å². The van der Waals surface area contributed by atoms with Gasteiger partial charge < -0.3 is 20.4 Å². The zero-order chi connectivity index (χ0) is 10.7. The summed E-state index contributed by atoms with van der Waals surface area (Å²) in [7, 11) is 0. The Hall–Kier alpha value is -1.89. The fourth-order valence-electron chi connectivity index (χ4n) is 0.960. The second-order valence-electron chi connectivity index (χ2n) is 2.57. The number of hydrogen-bond donors (Lipinski definition) is 3. The van der Waals surface area contributed by atoms with Crippen molar-refractivity contribution < 1.29 is 24.2 Å². The van der Waals surface area contributed by atoms with Crippen LogP contribution in [0.4, 0.5) is 0 Å². The predicted octanol–water partition coefficient (Wildman–Crippen LogP) is -0.153. The predicted molar refractivity (Wildman–Crippen MR) is 42.6 cm³/mol. The first-order chi connectivity index (χ1) is 6.52. The molecule has 0 aliphatic rings. The van der Waals surface area contributed by atoms with Crippen molar-refractivity contribution in [2.75, 3.05) is 0 Å². The van der Waals surface area contributed by atoms with Crippen molar-refractivity contribution in [1.82, 2.24) is 4.98 Å². The minimum absolute atomic E-state index is 0.125. The number of aromatic nitrogens is 1. The number of nitrogens with two attached hydrogens (primary N) is 1. The van der Waals surface area contributed by atoms with Crippen molar-refractivity contribution in [2.45, 2.75) is 12.5 Å². The SMILES string of the molecule is N[C@@H](CC(=O)O)c1ocnc1C(=O)O. The van der Waals surface area contributed by atoms with E-state index in [1.165, 1.54) is 0 Å². The summed E-state index contributed by atoms with van der Waals surface area (Å²) in [6, 6.07) is -0.999. The van der Waals surface area contributed by atoms with Crippen LogP contribution in [-0.4, -0.2) is 27.1 Å². The van der Waals surface area contributed by atoms with E-state index in [0.717, 1.165) is 6.39 Å². The molecule has 7 nitrogen and oxygen atoms in total. The summed E-state index contributed by atoms with van der Waals surface area (Å²) >= 11 is 0. The Labute approximate surface area is 78.2 Å². The van der Waals surface area contributed by atoms with Crippen LogP contribution < -0.4 is 5.73 Å². The molecule has 1 heterocycles. The summed E-state index contributed by atoms with van der Waals surface area (Å²) in [6.07, 6.45) is 0.510. The molecule has 0 bridgehead atoms. The quantitative estimate of drug-likeness (QED) is 0.616. The highest BCUT2D eigenvalue weighted by Crippen LogP contribution is 2.17. The van der Waals surface area contributed by atoms with Crippen molar-refractivity contribution in [3.8, 4) is 0 Å². The minimum Gasteiger partial charge on any atom is -0.481 e. The van der Waals surface area contributed by atoms with Crippen LogP contribution in [0.2, 0.25) is 0 Å². The van der Waals surface area contributed by atoms with Gasteiger partial charge in [-0.3, -0.25) is 4.79 Å². The third kappa shape index (κ3) is 2.07. The molecule has 0 radical (unpaired) electrons. The third-order valence-electron chi connectivity index (χ3n) is 1.53. The summed E-state index contributed by atoms with van der Waals surface area (Å²) in [5.74, 6) is -2.56. The molecule has 0 unspecified atom stereocenters. The highest BCUT2D eigenvalue weighted by atomic mass is 16.4. The molecule has 0 saturated carbocycles. The van der Waals surface area contributed by atoms with Gasteiger partial charge in [0.1, 0.15) is 0 Å². The van der Waals surface area contributed by atoms with Crippen LogP contribution in [0, 0.1) is 0 Å². The van der Waals surface area contributed by atoms with Crippen molar-refractivity contribution in [2.24, 2.45) is 5.73 Å². The Bertz CT molecular complexity index is 359. The zero-order valence-corrected chi connectivity index (χ0v) is 7.01. The first-order valence-corrected chi connectivity index (χ1v) is 3.66. The number of nitrogens with zero attached hydrogens (tertiary/aromatic N) is 1. The lowest BCUT2D eigenvalue weighted by Gasteiger charge is -2.04. The van der Waals surface area contributed by atoms with Gasteiger partial charge in [-0.05, 0) is 0 Å². The maximum Gasteiger partial charge on any atom is 0.358 e. The van der Waals surface area contributed by atoms with Crippen LogP contribution in [-0.2, 0) is 4.79 Å². The topological polar surface area (TPSA) is 127 Å². The highest BCUT2D eigenvalue weighted by Gasteiger charge is 2.23. The number of rotatable bonds is 4. The maximum atomic E-state index is 10.5. The number of carboxylic acids is 2. The second kappa shape index (κ2) is 3.88. The average molecular weight is 200 g/mol. The van der Waals surface area contributed by atoms with Gasteiger partial charge in [0, 0.05) is 0 Å².